The van der Waals surface area contributed by atoms with Crippen molar-refractivity contribution < 1.29 is 24.0 Å². The van der Waals surface area contributed by atoms with Gasteiger partial charge >= 0.3 is 16.9 Å². The molecular weight excluding hydrogens is 400 g/mol. The molecule has 12 heteroatoms. The SMILES string of the molecule is CC(=O)c1ccccc1O/C(=N/c1ncc([N+](=O)[O-])s1)C(=O)OCCNCl. The lowest BCUT2D eigenvalue weighted by atomic mass is 10.1. The molecule has 1 heterocycles. The average Bonchev–Trinajstić information content (AvgIpc) is 3.10. The number of nitrogens with one attached hydrogen (secondary N) is 1. The number of ketones is 1. The van der Waals surface area contributed by atoms with Crippen LogP contribution in [0.2, 0.25) is 0 Å². The van der Waals surface area contributed by atoms with Gasteiger partial charge in [-0.15, -0.1) is 0 Å². The Hall–Kier alpha value is -2.89. The number of esters is 1. The van der Waals surface area contributed by atoms with E-state index in [1.165, 1.54) is 19.1 Å². The van der Waals surface area contributed by atoms with Crippen molar-refractivity contribution >= 4 is 50.9 Å². The molecule has 10 nitrogen and oxygen atoms in total. The van der Waals surface area contributed by atoms with Crippen LogP contribution in [0.15, 0.2) is 35.5 Å². The van der Waals surface area contributed by atoms with Gasteiger partial charge in [0.25, 0.3) is 0 Å². The summed E-state index contributed by atoms with van der Waals surface area (Å²) in [7, 11) is 0. The van der Waals surface area contributed by atoms with E-state index in [2.05, 4.69) is 14.8 Å². The lowest BCUT2D eigenvalue weighted by Crippen LogP contribution is -2.26. The van der Waals surface area contributed by atoms with E-state index in [0.29, 0.717) is 11.3 Å². The second kappa shape index (κ2) is 9.71. The molecule has 0 saturated heterocycles. The van der Waals surface area contributed by atoms with Gasteiger partial charge in [0, 0.05) is 6.54 Å². The third kappa shape index (κ3) is 5.81. The first-order valence-corrected chi connectivity index (χ1v) is 8.59. The largest absolute Gasteiger partial charge is 0.457 e. The Morgan fingerprint density at radius 2 is 2.15 bits per heavy atom. The lowest BCUT2D eigenvalue weighted by Gasteiger charge is -2.10. The Morgan fingerprint density at radius 3 is 2.78 bits per heavy atom. The Kier molecular flexibility index (Phi) is 7.34. The lowest BCUT2D eigenvalue weighted by molar-refractivity contribution is -0.380. The Balaban J connectivity index is 2.34. The number of carbonyl (C=O) groups excluding carboxylic acids is 2. The minimum absolute atomic E-state index is 0.0723. The van der Waals surface area contributed by atoms with Gasteiger partial charge in [-0.2, -0.15) is 4.99 Å². The maximum Gasteiger partial charge on any atom is 0.394 e. The van der Waals surface area contributed by atoms with E-state index in [1.54, 1.807) is 12.1 Å². The van der Waals surface area contributed by atoms with Gasteiger partial charge in [0.1, 0.15) is 18.6 Å². The first kappa shape index (κ1) is 20.4. The number of hydrogen-bond donors (Lipinski definition) is 1. The molecule has 1 N–H and O–H groups in total. The van der Waals surface area contributed by atoms with Gasteiger partial charge in [0.15, 0.2) is 5.78 Å². The molecule has 0 amide bonds. The first-order valence-electron chi connectivity index (χ1n) is 7.39. The summed E-state index contributed by atoms with van der Waals surface area (Å²) in [4.78, 5) is 44.0. The number of thiazole rings is 1. The minimum Gasteiger partial charge on any atom is -0.457 e. The summed E-state index contributed by atoms with van der Waals surface area (Å²) in [6, 6.07) is 6.24. The van der Waals surface area contributed by atoms with Crippen LogP contribution in [0.25, 0.3) is 0 Å². The summed E-state index contributed by atoms with van der Waals surface area (Å²) < 4.78 is 10.4. The van der Waals surface area contributed by atoms with E-state index >= 15 is 0 Å². The number of Topliss-reactive ketones (excluding diaryl/α,β-unsaturated/α-hetero) is 1. The van der Waals surface area contributed by atoms with E-state index in [9.17, 15) is 19.7 Å². The molecule has 0 aliphatic heterocycles. The molecule has 0 aliphatic rings. The van der Waals surface area contributed by atoms with Gasteiger partial charge < -0.3 is 9.47 Å². The summed E-state index contributed by atoms with van der Waals surface area (Å²) in [5.41, 5.74) is 0.227. The highest BCUT2D eigenvalue weighted by atomic mass is 35.5. The predicted octanol–water partition coefficient (Wildman–Crippen LogP) is 2.65. The highest BCUT2D eigenvalue weighted by Gasteiger charge is 2.21. The second-order valence-corrected chi connectivity index (χ2v) is 6.08. The molecule has 0 spiro atoms. The molecule has 2 aromatic rings. The zero-order valence-electron chi connectivity index (χ0n) is 13.9. The fourth-order valence-corrected chi connectivity index (χ4v) is 2.46. The summed E-state index contributed by atoms with van der Waals surface area (Å²) >= 11 is 5.95. The van der Waals surface area contributed by atoms with Gasteiger partial charge in [0.05, 0.1) is 10.5 Å². The number of nitro groups is 1. The van der Waals surface area contributed by atoms with Crippen LogP contribution in [0.5, 0.6) is 5.75 Å². The molecule has 1 aromatic heterocycles. The minimum atomic E-state index is -0.946. The monoisotopic (exact) mass is 412 g/mol. The third-order valence-electron chi connectivity index (χ3n) is 2.94. The fourth-order valence-electron chi connectivity index (χ4n) is 1.78. The van der Waals surface area contributed by atoms with Crippen LogP contribution >= 0.6 is 23.1 Å². The Bertz CT molecular complexity index is 885. The van der Waals surface area contributed by atoms with Crippen molar-refractivity contribution in [1.29, 1.82) is 0 Å². The second-order valence-electron chi connectivity index (χ2n) is 4.83. The van der Waals surface area contributed by atoms with Gasteiger partial charge in [-0.05, 0) is 42.2 Å². The van der Waals surface area contributed by atoms with E-state index in [0.717, 1.165) is 6.20 Å². The standard InChI is InChI=1S/C15H13ClN4O6S/c1-9(21)10-4-2-3-5-11(10)26-13(14(22)25-7-6-18-16)19-15-17-8-12(27-15)20(23)24/h2-5,8,18H,6-7H2,1H3/b19-13+. The number of carbonyl (C=O) groups is 2. The highest BCUT2D eigenvalue weighted by Crippen LogP contribution is 2.28. The topological polar surface area (TPSA) is 133 Å². The third-order valence-corrected chi connectivity index (χ3v) is 3.97. The van der Waals surface area contributed by atoms with Crippen molar-refractivity contribution in [3.05, 3.63) is 46.1 Å². The van der Waals surface area contributed by atoms with Crippen LogP contribution < -0.4 is 9.57 Å². The van der Waals surface area contributed by atoms with Crippen LogP contribution in [0.1, 0.15) is 17.3 Å². The van der Waals surface area contributed by atoms with E-state index in [-0.39, 0.29) is 40.4 Å². The van der Waals surface area contributed by atoms with Crippen LogP contribution in [-0.2, 0) is 9.53 Å². The molecule has 0 aliphatic carbocycles. The predicted molar refractivity (Wildman–Crippen MR) is 97.8 cm³/mol. The number of benzene rings is 1. The average molecular weight is 413 g/mol. The maximum absolute atomic E-state index is 12.3. The molecule has 0 radical (unpaired) electrons. The van der Waals surface area contributed by atoms with Crippen molar-refractivity contribution in [2.45, 2.75) is 6.92 Å². The number of halogens is 1. The van der Waals surface area contributed by atoms with Crippen molar-refractivity contribution in [2.24, 2.45) is 4.99 Å². The number of para-hydroxylation sites is 1. The number of hydrogen-bond acceptors (Lipinski definition) is 10. The normalized spacial score (nSPS) is 11.1. The highest BCUT2D eigenvalue weighted by molar-refractivity contribution is 7.18. The van der Waals surface area contributed by atoms with Crippen molar-refractivity contribution in [2.75, 3.05) is 13.2 Å². The van der Waals surface area contributed by atoms with Crippen LogP contribution in [0, 0.1) is 10.1 Å². The van der Waals surface area contributed by atoms with Gasteiger partial charge in [0.2, 0.25) is 5.13 Å². The molecule has 0 unspecified atom stereocenters. The van der Waals surface area contributed by atoms with E-state index in [4.69, 9.17) is 21.3 Å². The molecule has 0 atom stereocenters. The van der Waals surface area contributed by atoms with Gasteiger partial charge in [-0.1, -0.05) is 12.1 Å². The zero-order chi connectivity index (χ0) is 19.8. The zero-order valence-corrected chi connectivity index (χ0v) is 15.5. The molecule has 2 rings (SSSR count). The van der Waals surface area contributed by atoms with Crippen molar-refractivity contribution in [3.8, 4) is 5.75 Å². The van der Waals surface area contributed by atoms with E-state index in [1.807, 2.05) is 0 Å². The summed E-state index contributed by atoms with van der Waals surface area (Å²) in [6.07, 6.45) is 1.01. The molecule has 0 bridgehead atoms. The van der Waals surface area contributed by atoms with Gasteiger partial charge in [-0.25, -0.2) is 14.6 Å². The van der Waals surface area contributed by atoms with Crippen molar-refractivity contribution in [1.82, 2.24) is 9.82 Å². The number of rotatable bonds is 7. The fraction of sp³-hybridized carbons (Fsp3) is 0.200. The van der Waals surface area contributed by atoms with Crippen LogP contribution in [-0.4, -0.2) is 40.7 Å². The smallest absolute Gasteiger partial charge is 0.394 e. The number of aromatic nitrogens is 1. The Labute approximate surface area is 162 Å². The molecular formula is C15H13ClN4O6S. The summed E-state index contributed by atoms with van der Waals surface area (Å²) in [5, 5.41) is 10.4. The van der Waals surface area contributed by atoms with E-state index < -0.39 is 16.8 Å². The maximum atomic E-state index is 12.3. The number of nitrogens with zero attached hydrogens (tertiary/aromatic N) is 3. The number of aliphatic imine (C=N–C) groups is 1. The first-order chi connectivity index (χ1) is 12.9. The van der Waals surface area contributed by atoms with Crippen molar-refractivity contribution in [3.63, 3.8) is 0 Å². The molecule has 142 valence electrons. The Morgan fingerprint density at radius 1 is 1.41 bits per heavy atom. The molecule has 1 aromatic carbocycles. The van der Waals surface area contributed by atoms with Crippen LogP contribution in [0.3, 0.4) is 0 Å². The van der Waals surface area contributed by atoms with Crippen LogP contribution in [0.4, 0.5) is 10.1 Å². The number of ether oxygens (including phenoxy) is 2. The molecule has 0 fully saturated rings. The summed E-state index contributed by atoms with van der Waals surface area (Å²) in [5.74, 6) is -1.67. The molecule has 27 heavy (non-hydrogen) atoms. The molecule has 0 saturated carbocycles. The van der Waals surface area contributed by atoms with Gasteiger partial charge in [-0.3, -0.25) is 14.9 Å². The quantitative estimate of drug-likeness (QED) is 0.107. The summed E-state index contributed by atoms with van der Waals surface area (Å²) in [6.45, 7) is 1.44.